The standard InChI is InChI=1S/C17H17N3O/c1-21-16-5-4-14-12-20(8-2-3-13(14)9-16)17-6-7-19-11-15(17)10-18/h4-7,9,11H,2-3,8,12H2,1H3. The first-order valence-electron chi connectivity index (χ1n) is 7.06. The molecule has 0 radical (unpaired) electrons. The Kier molecular flexibility index (Phi) is 3.74. The number of hydrogen-bond donors (Lipinski definition) is 0. The molecule has 0 saturated carbocycles. The summed E-state index contributed by atoms with van der Waals surface area (Å²) in [6.07, 6.45) is 5.48. The zero-order chi connectivity index (χ0) is 14.7. The third-order valence-corrected chi connectivity index (χ3v) is 3.91. The molecule has 0 bridgehead atoms. The van der Waals surface area contributed by atoms with Gasteiger partial charge in [-0.25, -0.2) is 0 Å². The molecule has 2 aromatic rings. The molecule has 3 rings (SSSR count). The minimum Gasteiger partial charge on any atom is -0.497 e. The van der Waals surface area contributed by atoms with Gasteiger partial charge in [0.2, 0.25) is 0 Å². The van der Waals surface area contributed by atoms with E-state index in [0.717, 1.165) is 37.4 Å². The van der Waals surface area contributed by atoms with Crippen molar-refractivity contribution in [2.24, 2.45) is 0 Å². The fraction of sp³-hybridized carbons (Fsp3) is 0.294. The number of methoxy groups -OCH3 is 1. The van der Waals surface area contributed by atoms with E-state index in [4.69, 9.17) is 4.74 Å². The monoisotopic (exact) mass is 279 g/mol. The number of pyridine rings is 1. The predicted octanol–water partition coefficient (Wildman–Crippen LogP) is 2.91. The number of anilines is 1. The van der Waals surface area contributed by atoms with Gasteiger partial charge in [-0.15, -0.1) is 0 Å². The predicted molar refractivity (Wildman–Crippen MR) is 81.3 cm³/mol. The molecule has 0 amide bonds. The molecule has 4 nitrogen and oxygen atoms in total. The van der Waals surface area contributed by atoms with Gasteiger partial charge >= 0.3 is 0 Å². The van der Waals surface area contributed by atoms with E-state index in [1.54, 1.807) is 19.5 Å². The van der Waals surface area contributed by atoms with Crippen molar-refractivity contribution in [1.29, 1.82) is 5.26 Å². The van der Waals surface area contributed by atoms with Gasteiger partial charge in [-0.3, -0.25) is 4.98 Å². The zero-order valence-electron chi connectivity index (χ0n) is 12.0. The van der Waals surface area contributed by atoms with Crippen molar-refractivity contribution in [1.82, 2.24) is 4.98 Å². The van der Waals surface area contributed by atoms with Crippen molar-refractivity contribution in [3.8, 4) is 11.8 Å². The van der Waals surface area contributed by atoms with Crippen LogP contribution in [0.15, 0.2) is 36.7 Å². The highest BCUT2D eigenvalue weighted by atomic mass is 16.5. The van der Waals surface area contributed by atoms with Crippen LogP contribution in [0.4, 0.5) is 5.69 Å². The van der Waals surface area contributed by atoms with Crippen molar-refractivity contribution >= 4 is 5.69 Å². The molecule has 1 aromatic carbocycles. The fourth-order valence-corrected chi connectivity index (χ4v) is 2.82. The first-order valence-corrected chi connectivity index (χ1v) is 7.06. The number of aromatic nitrogens is 1. The number of fused-ring (bicyclic) bond motifs is 1. The van der Waals surface area contributed by atoms with Crippen LogP contribution in [-0.2, 0) is 13.0 Å². The van der Waals surface area contributed by atoms with E-state index in [1.165, 1.54) is 11.1 Å². The SMILES string of the molecule is COc1ccc2c(c1)CCCN(c1ccncc1C#N)C2. The maximum Gasteiger partial charge on any atom is 0.119 e. The average molecular weight is 279 g/mol. The molecule has 2 heterocycles. The number of nitrogens with zero attached hydrogens (tertiary/aromatic N) is 3. The number of ether oxygens (including phenoxy) is 1. The largest absolute Gasteiger partial charge is 0.497 e. The lowest BCUT2D eigenvalue weighted by Gasteiger charge is -2.24. The molecule has 0 spiro atoms. The quantitative estimate of drug-likeness (QED) is 0.848. The lowest BCUT2D eigenvalue weighted by Crippen LogP contribution is -2.23. The van der Waals surface area contributed by atoms with Gasteiger partial charge in [0, 0.05) is 25.5 Å². The first-order chi connectivity index (χ1) is 10.3. The first kappa shape index (κ1) is 13.4. The lowest BCUT2D eigenvalue weighted by atomic mass is 10.0. The summed E-state index contributed by atoms with van der Waals surface area (Å²) >= 11 is 0. The smallest absolute Gasteiger partial charge is 0.119 e. The highest BCUT2D eigenvalue weighted by molar-refractivity contribution is 5.58. The van der Waals surface area contributed by atoms with Gasteiger partial charge in [0.05, 0.1) is 18.4 Å². The highest BCUT2D eigenvalue weighted by Crippen LogP contribution is 2.28. The molecule has 4 heteroatoms. The van der Waals surface area contributed by atoms with Crippen LogP contribution in [0.2, 0.25) is 0 Å². The molecule has 1 aliphatic rings. The van der Waals surface area contributed by atoms with Crippen molar-refractivity contribution in [3.05, 3.63) is 53.3 Å². The third kappa shape index (κ3) is 2.68. The molecular formula is C17H17N3O. The fourth-order valence-electron chi connectivity index (χ4n) is 2.82. The number of benzene rings is 1. The summed E-state index contributed by atoms with van der Waals surface area (Å²) < 4.78 is 5.30. The lowest BCUT2D eigenvalue weighted by molar-refractivity contribution is 0.414. The second-order valence-electron chi connectivity index (χ2n) is 5.16. The van der Waals surface area contributed by atoms with Gasteiger partial charge < -0.3 is 9.64 Å². The van der Waals surface area contributed by atoms with Gasteiger partial charge in [0.1, 0.15) is 11.8 Å². The zero-order valence-corrected chi connectivity index (χ0v) is 12.0. The van der Waals surface area contributed by atoms with Crippen LogP contribution in [0.25, 0.3) is 0 Å². The summed E-state index contributed by atoms with van der Waals surface area (Å²) in [6, 6.07) is 10.4. The minimum atomic E-state index is 0.634. The Balaban J connectivity index is 1.94. The van der Waals surface area contributed by atoms with Crippen molar-refractivity contribution in [2.75, 3.05) is 18.6 Å². The van der Waals surface area contributed by atoms with E-state index in [1.807, 2.05) is 12.1 Å². The molecule has 106 valence electrons. The van der Waals surface area contributed by atoms with Crippen LogP contribution in [0.1, 0.15) is 23.1 Å². The molecule has 0 unspecified atom stereocenters. The summed E-state index contributed by atoms with van der Waals surface area (Å²) in [5, 5.41) is 9.25. The van der Waals surface area contributed by atoms with E-state index in [0.29, 0.717) is 5.56 Å². The summed E-state index contributed by atoms with van der Waals surface area (Å²) in [4.78, 5) is 6.30. The van der Waals surface area contributed by atoms with Gasteiger partial charge in [0.25, 0.3) is 0 Å². The normalized spacial score (nSPS) is 14.0. The van der Waals surface area contributed by atoms with E-state index >= 15 is 0 Å². The van der Waals surface area contributed by atoms with Crippen LogP contribution in [0, 0.1) is 11.3 Å². The Morgan fingerprint density at radius 3 is 3.00 bits per heavy atom. The van der Waals surface area contributed by atoms with Gasteiger partial charge in [-0.05, 0) is 42.2 Å². The number of nitriles is 1. The molecule has 0 N–H and O–H groups in total. The molecule has 1 aliphatic heterocycles. The Hall–Kier alpha value is -2.54. The van der Waals surface area contributed by atoms with Crippen molar-refractivity contribution in [3.63, 3.8) is 0 Å². The summed E-state index contributed by atoms with van der Waals surface area (Å²) in [7, 11) is 1.70. The van der Waals surface area contributed by atoms with Crippen LogP contribution in [0.5, 0.6) is 5.75 Å². The van der Waals surface area contributed by atoms with E-state index in [2.05, 4.69) is 28.1 Å². The Morgan fingerprint density at radius 1 is 1.29 bits per heavy atom. The van der Waals surface area contributed by atoms with Crippen LogP contribution >= 0.6 is 0 Å². The topological polar surface area (TPSA) is 49.1 Å². The van der Waals surface area contributed by atoms with Crippen molar-refractivity contribution < 1.29 is 4.74 Å². The molecule has 0 saturated heterocycles. The molecule has 0 atom stereocenters. The maximum atomic E-state index is 9.25. The summed E-state index contributed by atoms with van der Waals surface area (Å²) in [5.41, 5.74) is 4.24. The Labute approximate surface area is 124 Å². The van der Waals surface area contributed by atoms with Crippen LogP contribution in [-0.4, -0.2) is 18.6 Å². The summed E-state index contributed by atoms with van der Waals surface area (Å²) in [5.74, 6) is 0.906. The molecular weight excluding hydrogens is 262 g/mol. The number of rotatable bonds is 2. The van der Waals surface area contributed by atoms with Crippen LogP contribution < -0.4 is 9.64 Å². The number of aryl methyl sites for hydroxylation is 1. The summed E-state index contributed by atoms with van der Waals surface area (Å²) in [6.45, 7) is 1.76. The van der Waals surface area contributed by atoms with Gasteiger partial charge in [0.15, 0.2) is 0 Å². The Morgan fingerprint density at radius 2 is 2.19 bits per heavy atom. The van der Waals surface area contributed by atoms with E-state index in [9.17, 15) is 5.26 Å². The Bertz CT molecular complexity index is 691. The number of hydrogen-bond acceptors (Lipinski definition) is 4. The third-order valence-electron chi connectivity index (χ3n) is 3.91. The highest BCUT2D eigenvalue weighted by Gasteiger charge is 2.17. The van der Waals surface area contributed by atoms with Gasteiger partial charge in [-0.1, -0.05) is 6.07 Å². The second kappa shape index (κ2) is 5.84. The molecule has 1 aromatic heterocycles. The van der Waals surface area contributed by atoms with E-state index in [-0.39, 0.29) is 0 Å². The molecule has 0 aliphatic carbocycles. The van der Waals surface area contributed by atoms with E-state index < -0.39 is 0 Å². The molecule has 0 fully saturated rings. The van der Waals surface area contributed by atoms with Gasteiger partial charge in [-0.2, -0.15) is 5.26 Å². The minimum absolute atomic E-state index is 0.634. The maximum absolute atomic E-state index is 9.25. The molecule has 21 heavy (non-hydrogen) atoms. The van der Waals surface area contributed by atoms with Crippen LogP contribution in [0.3, 0.4) is 0 Å². The average Bonchev–Trinajstić information content (AvgIpc) is 2.76. The second-order valence-corrected chi connectivity index (χ2v) is 5.16. The van der Waals surface area contributed by atoms with Crippen molar-refractivity contribution in [2.45, 2.75) is 19.4 Å².